The van der Waals surface area contributed by atoms with Gasteiger partial charge in [-0.25, -0.2) is 0 Å². The number of benzene rings is 1. The van der Waals surface area contributed by atoms with Gasteiger partial charge in [0.25, 0.3) is 0 Å². The van der Waals surface area contributed by atoms with E-state index in [2.05, 4.69) is 70.7 Å². The first-order valence-corrected chi connectivity index (χ1v) is 14.2. The molecule has 0 aromatic heterocycles. The molecule has 37 heavy (non-hydrogen) atoms. The SMILES string of the molecule is C=C(CCCC=O)CC(O)CC1CCO[C@H](c2cccc(/C=C/CC[C@H](C)CC(C)C/C(C)=C/C)c2)O1. The van der Waals surface area contributed by atoms with Crippen molar-refractivity contribution in [2.75, 3.05) is 6.61 Å². The van der Waals surface area contributed by atoms with Crippen LogP contribution in [-0.4, -0.2) is 30.2 Å². The van der Waals surface area contributed by atoms with Gasteiger partial charge in [-0.3, -0.25) is 0 Å². The van der Waals surface area contributed by atoms with Crippen LogP contribution in [0.15, 0.2) is 54.1 Å². The number of ether oxygens (including phenoxy) is 2. The Bertz CT molecular complexity index is 871. The van der Waals surface area contributed by atoms with E-state index in [0.29, 0.717) is 25.9 Å². The van der Waals surface area contributed by atoms with Crippen LogP contribution < -0.4 is 0 Å². The summed E-state index contributed by atoms with van der Waals surface area (Å²) in [5.74, 6) is 1.46. The van der Waals surface area contributed by atoms with Crippen LogP contribution in [0.25, 0.3) is 6.08 Å². The van der Waals surface area contributed by atoms with Crippen LogP contribution >= 0.6 is 0 Å². The molecule has 1 aliphatic rings. The van der Waals surface area contributed by atoms with Gasteiger partial charge in [0.05, 0.1) is 18.8 Å². The van der Waals surface area contributed by atoms with Crippen LogP contribution in [0.5, 0.6) is 0 Å². The van der Waals surface area contributed by atoms with Gasteiger partial charge in [-0.15, -0.1) is 0 Å². The largest absolute Gasteiger partial charge is 0.393 e. The Balaban J connectivity index is 1.79. The quantitative estimate of drug-likeness (QED) is 0.130. The van der Waals surface area contributed by atoms with Gasteiger partial charge in [0.15, 0.2) is 6.29 Å². The summed E-state index contributed by atoms with van der Waals surface area (Å²) >= 11 is 0. The van der Waals surface area contributed by atoms with E-state index in [1.807, 2.05) is 6.07 Å². The Morgan fingerprint density at radius 3 is 2.78 bits per heavy atom. The summed E-state index contributed by atoms with van der Waals surface area (Å²) in [6.07, 6.45) is 15.5. The van der Waals surface area contributed by atoms with E-state index in [1.165, 1.54) is 24.8 Å². The number of carbonyl (C=O) groups excluding carboxylic acids is 1. The highest BCUT2D eigenvalue weighted by molar-refractivity contribution is 5.50. The average molecular weight is 511 g/mol. The molecule has 0 aliphatic carbocycles. The molecular formula is C33H50O4. The lowest BCUT2D eigenvalue weighted by Crippen LogP contribution is -2.30. The van der Waals surface area contributed by atoms with Gasteiger partial charge in [0.2, 0.25) is 0 Å². The third-order valence-corrected chi connectivity index (χ3v) is 7.22. The highest BCUT2D eigenvalue weighted by atomic mass is 16.7. The molecule has 0 bridgehead atoms. The second kappa shape index (κ2) is 17.5. The smallest absolute Gasteiger partial charge is 0.184 e. The molecular weight excluding hydrogens is 460 g/mol. The van der Waals surface area contributed by atoms with Gasteiger partial charge in [0, 0.05) is 18.4 Å². The number of carbonyl (C=O) groups is 1. The van der Waals surface area contributed by atoms with Crippen LogP contribution in [0.2, 0.25) is 0 Å². The zero-order chi connectivity index (χ0) is 27.0. The molecule has 3 unspecified atom stereocenters. The van der Waals surface area contributed by atoms with Gasteiger partial charge >= 0.3 is 0 Å². The number of rotatable bonds is 17. The summed E-state index contributed by atoms with van der Waals surface area (Å²) in [6, 6.07) is 8.36. The lowest BCUT2D eigenvalue weighted by molar-refractivity contribution is -0.222. The van der Waals surface area contributed by atoms with Crippen molar-refractivity contribution >= 4 is 12.4 Å². The van der Waals surface area contributed by atoms with Crippen molar-refractivity contribution in [1.82, 2.24) is 0 Å². The number of aldehydes is 1. The van der Waals surface area contributed by atoms with Crippen LogP contribution in [-0.2, 0) is 14.3 Å². The fraction of sp³-hybridized carbons (Fsp3) is 0.606. The molecule has 1 N–H and O–H groups in total. The summed E-state index contributed by atoms with van der Waals surface area (Å²) in [7, 11) is 0. The molecule has 0 spiro atoms. The molecule has 5 atom stereocenters. The van der Waals surface area contributed by atoms with Crippen molar-refractivity contribution in [2.24, 2.45) is 11.8 Å². The van der Waals surface area contributed by atoms with Crippen LogP contribution in [0.1, 0.15) is 109 Å². The van der Waals surface area contributed by atoms with Gasteiger partial charge in [-0.2, -0.15) is 0 Å². The van der Waals surface area contributed by atoms with Crippen molar-refractivity contribution in [3.05, 3.63) is 65.3 Å². The van der Waals surface area contributed by atoms with Crippen molar-refractivity contribution in [3.63, 3.8) is 0 Å². The number of aliphatic hydroxyl groups excluding tert-OH is 1. The highest BCUT2D eigenvalue weighted by Crippen LogP contribution is 2.30. The third kappa shape index (κ3) is 12.9. The number of aliphatic hydroxyl groups is 1. The zero-order valence-electron chi connectivity index (χ0n) is 23.7. The molecule has 1 saturated heterocycles. The number of allylic oxidation sites excluding steroid dienone is 3. The third-order valence-electron chi connectivity index (χ3n) is 7.22. The Morgan fingerprint density at radius 1 is 1.22 bits per heavy atom. The predicted molar refractivity (Wildman–Crippen MR) is 154 cm³/mol. The van der Waals surface area contributed by atoms with Crippen molar-refractivity contribution in [1.29, 1.82) is 0 Å². The van der Waals surface area contributed by atoms with E-state index in [9.17, 15) is 9.90 Å². The normalized spacial score (nSPS) is 21.1. The number of hydrogen-bond donors (Lipinski definition) is 1. The van der Waals surface area contributed by atoms with Gasteiger partial charge in [0.1, 0.15) is 6.29 Å². The van der Waals surface area contributed by atoms with Gasteiger partial charge in [-0.1, -0.05) is 68.0 Å². The molecule has 1 aromatic carbocycles. The zero-order valence-corrected chi connectivity index (χ0v) is 23.7. The molecule has 1 heterocycles. The first-order valence-electron chi connectivity index (χ1n) is 14.2. The Kier molecular flexibility index (Phi) is 14.8. The Labute approximate surface area is 225 Å². The molecule has 0 saturated carbocycles. The van der Waals surface area contributed by atoms with E-state index >= 15 is 0 Å². The summed E-state index contributed by atoms with van der Waals surface area (Å²) < 4.78 is 12.1. The van der Waals surface area contributed by atoms with E-state index in [4.69, 9.17) is 9.47 Å². The molecule has 206 valence electrons. The fourth-order valence-corrected chi connectivity index (χ4v) is 5.16. The maximum absolute atomic E-state index is 10.5. The van der Waals surface area contributed by atoms with Crippen LogP contribution in [0, 0.1) is 11.8 Å². The van der Waals surface area contributed by atoms with Crippen LogP contribution in [0.4, 0.5) is 0 Å². The van der Waals surface area contributed by atoms with E-state index in [1.54, 1.807) is 0 Å². The summed E-state index contributed by atoms with van der Waals surface area (Å²) in [4.78, 5) is 10.5. The second-order valence-corrected chi connectivity index (χ2v) is 11.1. The van der Waals surface area contributed by atoms with Gasteiger partial charge < -0.3 is 19.4 Å². The van der Waals surface area contributed by atoms with Crippen molar-refractivity contribution in [2.45, 2.75) is 110 Å². The van der Waals surface area contributed by atoms with E-state index < -0.39 is 12.4 Å². The molecule has 0 amide bonds. The predicted octanol–water partition coefficient (Wildman–Crippen LogP) is 8.37. The first-order chi connectivity index (χ1) is 17.8. The summed E-state index contributed by atoms with van der Waals surface area (Å²) in [5.41, 5.74) is 4.65. The lowest BCUT2D eigenvalue weighted by atomic mass is 9.89. The molecule has 4 heteroatoms. The number of hydrogen-bond acceptors (Lipinski definition) is 4. The number of unbranched alkanes of at least 4 members (excludes halogenated alkanes) is 1. The minimum Gasteiger partial charge on any atom is -0.393 e. The van der Waals surface area contributed by atoms with Crippen LogP contribution in [0.3, 0.4) is 0 Å². The fourth-order valence-electron chi connectivity index (χ4n) is 5.16. The van der Waals surface area contributed by atoms with Gasteiger partial charge in [-0.05, 0) is 88.7 Å². The second-order valence-electron chi connectivity index (χ2n) is 11.1. The maximum atomic E-state index is 10.5. The summed E-state index contributed by atoms with van der Waals surface area (Å²) in [5, 5.41) is 10.5. The molecule has 1 aromatic rings. The highest BCUT2D eigenvalue weighted by Gasteiger charge is 2.26. The minimum absolute atomic E-state index is 0.0452. The molecule has 0 radical (unpaired) electrons. The average Bonchev–Trinajstić information content (AvgIpc) is 2.87. The Morgan fingerprint density at radius 2 is 2.03 bits per heavy atom. The topological polar surface area (TPSA) is 55.8 Å². The molecule has 4 nitrogen and oxygen atoms in total. The summed E-state index contributed by atoms with van der Waals surface area (Å²) in [6.45, 7) is 13.7. The first kappa shape index (κ1) is 31.2. The maximum Gasteiger partial charge on any atom is 0.184 e. The molecule has 1 fully saturated rings. The monoisotopic (exact) mass is 510 g/mol. The molecule has 2 rings (SSSR count). The Hall–Kier alpha value is -2.01. The standard InChI is InChI=1S/C33H50O4/c1-6-25(2)20-28(5)21-26(3)12-7-8-14-29-15-11-16-30(23-29)33-36-19-17-32(37-33)24-31(35)22-27(4)13-9-10-18-34/h6,8,11,14-16,18,23,26,28,31-33,35H,4,7,9-10,12-13,17,19-22,24H2,1-3,5H3/b14-8+,25-6+/t26-,28?,31?,32?,33-/m0/s1. The van der Waals surface area contributed by atoms with Crippen molar-refractivity contribution in [3.8, 4) is 0 Å². The van der Waals surface area contributed by atoms with E-state index in [0.717, 1.165) is 60.5 Å². The lowest BCUT2D eigenvalue weighted by Gasteiger charge is -2.32. The minimum atomic E-state index is -0.487. The van der Waals surface area contributed by atoms with Crippen molar-refractivity contribution < 1.29 is 19.4 Å². The molecule has 1 aliphatic heterocycles. The van der Waals surface area contributed by atoms with E-state index in [-0.39, 0.29) is 6.10 Å².